The van der Waals surface area contributed by atoms with Gasteiger partial charge in [0.1, 0.15) is 5.75 Å². The van der Waals surface area contributed by atoms with E-state index in [4.69, 9.17) is 16.2 Å². The first-order valence-corrected chi connectivity index (χ1v) is 6.45. The fourth-order valence-electron chi connectivity index (χ4n) is 1.78. The van der Waals surface area contributed by atoms with Crippen LogP contribution >= 0.6 is 0 Å². The Balaban J connectivity index is 2.34. The molecule has 0 heterocycles. The van der Waals surface area contributed by atoms with Gasteiger partial charge in [-0.1, -0.05) is 26.2 Å². The van der Waals surface area contributed by atoms with Gasteiger partial charge in [0, 0.05) is 6.07 Å². The molecule has 0 aliphatic heterocycles. The van der Waals surface area contributed by atoms with Crippen LogP contribution in [0.1, 0.15) is 46.0 Å². The number of ether oxygens (including phenoxy) is 1. The molecule has 0 aromatic heterocycles. The molecule has 17 heavy (non-hydrogen) atoms. The lowest BCUT2D eigenvalue weighted by molar-refractivity contribution is 0.206. The zero-order valence-electron chi connectivity index (χ0n) is 10.9. The van der Waals surface area contributed by atoms with Crippen molar-refractivity contribution in [1.82, 2.24) is 0 Å². The summed E-state index contributed by atoms with van der Waals surface area (Å²) in [7, 11) is 0. The topological polar surface area (TPSA) is 61.3 Å². The molecular weight excluding hydrogens is 212 g/mol. The molecule has 1 rings (SSSR count). The second kappa shape index (κ2) is 7.05. The van der Waals surface area contributed by atoms with Gasteiger partial charge in [-0.2, -0.15) is 0 Å². The number of rotatable bonds is 7. The van der Waals surface area contributed by atoms with Crippen molar-refractivity contribution >= 4 is 11.4 Å². The van der Waals surface area contributed by atoms with Gasteiger partial charge in [0.25, 0.3) is 0 Å². The number of nitrogens with two attached hydrogens (primary N) is 2. The number of unbranched alkanes of at least 4 members (excludes halogenated alkanes) is 3. The van der Waals surface area contributed by atoms with E-state index in [9.17, 15) is 0 Å². The monoisotopic (exact) mass is 236 g/mol. The third-order valence-corrected chi connectivity index (χ3v) is 2.86. The van der Waals surface area contributed by atoms with Gasteiger partial charge >= 0.3 is 0 Å². The highest BCUT2D eigenvalue weighted by Crippen LogP contribution is 2.23. The lowest BCUT2D eigenvalue weighted by atomic mass is 10.1. The maximum atomic E-state index is 5.79. The molecule has 1 aromatic rings. The van der Waals surface area contributed by atoms with Gasteiger partial charge in [-0.25, -0.2) is 0 Å². The van der Waals surface area contributed by atoms with Crippen LogP contribution in [0.5, 0.6) is 5.75 Å². The highest BCUT2D eigenvalue weighted by atomic mass is 16.5. The molecule has 96 valence electrons. The third-order valence-electron chi connectivity index (χ3n) is 2.86. The molecule has 1 aromatic carbocycles. The van der Waals surface area contributed by atoms with Crippen molar-refractivity contribution in [2.75, 3.05) is 11.5 Å². The molecule has 4 N–H and O–H groups in total. The molecule has 0 amide bonds. The average Bonchev–Trinajstić information content (AvgIpc) is 2.30. The van der Waals surface area contributed by atoms with Gasteiger partial charge in [-0.05, 0) is 31.9 Å². The van der Waals surface area contributed by atoms with Gasteiger partial charge in [-0.3, -0.25) is 0 Å². The molecule has 1 unspecified atom stereocenters. The van der Waals surface area contributed by atoms with E-state index in [1.165, 1.54) is 25.7 Å². The van der Waals surface area contributed by atoms with Gasteiger partial charge in [0.2, 0.25) is 0 Å². The summed E-state index contributed by atoms with van der Waals surface area (Å²) in [4.78, 5) is 0. The Morgan fingerprint density at radius 1 is 1.12 bits per heavy atom. The van der Waals surface area contributed by atoms with Crippen molar-refractivity contribution < 1.29 is 4.74 Å². The highest BCUT2D eigenvalue weighted by Gasteiger charge is 2.05. The van der Waals surface area contributed by atoms with Crippen LogP contribution in [0.3, 0.4) is 0 Å². The third kappa shape index (κ3) is 4.98. The molecule has 0 aliphatic rings. The summed E-state index contributed by atoms with van der Waals surface area (Å²) in [5.74, 6) is 0.805. The minimum atomic E-state index is 0.231. The van der Waals surface area contributed by atoms with E-state index in [1.54, 1.807) is 12.1 Å². The van der Waals surface area contributed by atoms with Crippen molar-refractivity contribution in [3.05, 3.63) is 18.2 Å². The fraction of sp³-hybridized carbons (Fsp3) is 0.571. The SMILES string of the molecule is CCCCCCC(C)Oc1ccc(N)c(N)c1. The molecule has 1 atom stereocenters. The zero-order chi connectivity index (χ0) is 12.7. The van der Waals surface area contributed by atoms with E-state index in [0.717, 1.165) is 12.2 Å². The summed E-state index contributed by atoms with van der Waals surface area (Å²) in [6.07, 6.45) is 6.40. The first-order valence-electron chi connectivity index (χ1n) is 6.45. The first kappa shape index (κ1) is 13.7. The van der Waals surface area contributed by atoms with Crippen LogP contribution in [0.25, 0.3) is 0 Å². The second-order valence-electron chi connectivity index (χ2n) is 4.57. The Kier molecular flexibility index (Phi) is 5.67. The summed E-state index contributed by atoms with van der Waals surface area (Å²) in [5.41, 5.74) is 12.6. The highest BCUT2D eigenvalue weighted by molar-refractivity contribution is 5.65. The first-order chi connectivity index (χ1) is 8.13. The van der Waals surface area contributed by atoms with E-state index >= 15 is 0 Å². The Hall–Kier alpha value is -1.38. The van der Waals surface area contributed by atoms with Crippen LogP contribution in [-0.4, -0.2) is 6.10 Å². The zero-order valence-corrected chi connectivity index (χ0v) is 10.9. The van der Waals surface area contributed by atoms with Crippen molar-refractivity contribution in [2.45, 2.75) is 52.1 Å². The fourth-order valence-corrected chi connectivity index (χ4v) is 1.78. The van der Waals surface area contributed by atoms with Crippen LogP contribution < -0.4 is 16.2 Å². The Labute approximate surface area is 104 Å². The van der Waals surface area contributed by atoms with E-state index in [-0.39, 0.29) is 6.10 Å². The molecule has 0 radical (unpaired) electrons. The molecule has 0 spiro atoms. The van der Waals surface area contributed by atoms with Crippen LogP contribution in [0.4, 0.5) is 11.4 Å². The van der Waals surface area contributed by atoms with E-state index in [2.05, 4.69) is 13.8 Å². The molecule has 3 heteroatoms. The maximum Gasteiger partial charge on any atom is 0.121 e. The lowest BCUT2D eigenvalue weighted by Crippen LogP contribution is -2.11. The van der Waals surface area contributed by atoms with Crippen molar-refractivity contribution in [2.24, 2.45) is 0 Å². The predicted molar refractivity (Wildman–Crippen MR) is 74.1 cm³/mol. The van der Waals surface area contributed by atoms with E-state index < -0.39 is 0 Å². The van der Waals surface area contributed by atoms with Gasteiger partial charge in [0.15, 0.2) is 0 Å². The van der Waals surface area contributed by atoms with Gasteiger partial charge in [-0.15, -0.1) is 0 Å². The lowest BCUT2D eigenvalue weighted by Gasteiger charge is -2.15. The van der Waals surface area contributed by atoms with Crippen molar-refractivity contribution in [3.63, 3.8) is 0 Å². The smallest absolute Gasteiger partial charge is 0.121 e. The van der Waals surface area contributed by atoms with Crippen molar-refractivity contribution in [1.29, 1.82) is 0 Å². The number of benzene rings is 1. The summed E-state index contributed by atoms with van der Waals surface area (Å²) in [6.45, 7) is 4.32. The van der Waals surface area contributed by atoms with Crippen molar-refractivity contribution in [3.8, 4) is 5.75 Å². The number of anilines is 2. The second-order valence-corrected chi connectivity index (χ2v) is 4.57. The summed E-state index contributed by atoms with van der Waals surface area (Å²) in [6, 6.07) is 5.45. The normalized spacial score (nSPS) is 12.4. The average molecular weight is 236 g/mol. The minimum absolute atomic E-state index is 0.231. The van der Waals surface area contributed by atoms with Crippen LogP contribution in [0.15, 0.2) is 18.2 Å². The maximum absolute atomic E-state index is 5.79. The predicted octanol–water partition coefficient (Wildman–Crippen LogP) is 3.59. The Bertz CT molecular complexity index is 339. The Morgan fingerprint density at radius 2 is 1.88 bits per heavy atom. The minimum Gasteiger partial charge on any atom is -0.491 e. The molecule has 0 fully saturated rings. The largest absolute Gasteiger partial charge is 0.491 e. The Morgan fingerprint density at radius 3 is 2.53 bits per heavy atom. The molecule has 0 saturated carbocycles. The number of nitrogen functional groups attached to an aromatic ring is 2. The quantitative estimate of drug-likeness (QED) is 0.562. The molecule has 3 nitrogen and oxygen atoms in total. The molecular formula is C14H24N2O. The summed E-state index contributed by atoms with van der Waals surface area (Å²) < 4.78 is 5.79. The van der Waals surface area contributed by atoms with Crippen LogP contribution in [0.2, 0.25) is 0 Å². The molecule has 0 saturated heterocycles. The van der Waals surface area contributed by atoms with Gasteiger partial charge in [0.05, 0.1) is 17.5 Å². The van der Waals surface area contributed by atoms with Crippen LogP contribution in [0, 0.1) is 0 Å². The molecule has 0 bridgehead atoms. The van der Waals surface area contributed by atoms with E-state index in [0.29, 0.717) is 11.4 Å². The van der Waals surface area contributed by atoms with E-state index in [1.807, 2.05) is 6.07 Å². The number of hydrogen-bond acceptors (Lipinski definition) is 3. The van der Waals surface area contributed by atoms with Gasteiger partial charge < -0.3 is 16.2 Å². The van der Waals surface area contributed by atoms with Crippen LogP contribution in [-0.2, 0) is 0 Å². The summed E-state index contributed by atoms with van der Waals surface area (Å²) >= 11 is 0. The standard InChI is InChI=1S/C14H24N2O/c1-3-4-5-6-7-11(2)17-12-8-9-13(15)14(16)10-12/h8-11H,3-7,15-16H2,1-2H3. The summed E-state index contributed by atoms with van der Waals surface area (Å²) in [5, 5.41) is 0. The number of hydrogen-bond donors (Lipinski definition) is 2. The molecule has 0 aliphatic carbocycles.